The van der Waals surface area contributed by atoms with Crippen LogP contribution in [0.2, 0.25) is 0 Å². The molecule has 1 fully saturated rings. The summed E-state index contributed by atoms with van der Waals surface area (Å²) < 4.78 is 44.5. The van der Waals surface area contributed by atoms with Gasteiger partial charge in [0.25, 0.3) is 5.91 Å². The number of carbonyl (C=O) groups is 2. The number of nitrogens with zero attached hydrogens (tertiary/aromatic N) is 1. The first kappa shape index (κ1) is 29.0. The second kappa shape index (κ2) is 11.6. The highest BCUT2D eigenvalue weighted by molar-refractivity contribution is 7.88. The summed E-state index contributed by atoms with van der Waals surface area (Å²) in [5.41, 5.74) is 2.69. The van der Waals surface area contributed by atoms with Gasteiger partial charge in [0, 0.05) is 30.4 Å². The lowest BCUT2D eigenvalue weighted by Crippen LogP contribution is -2.36. The summed E-state index contributed by atoms with van der Waals surface area (Å²) in [6.45, 7) is 6.48. The Morgan fingerprint density at radius 1 is 0.925 bits per heavy atom. The van der Waals surface area contributed by atoms with Gasteiger partial charge in [0.1, 0.15) is 11.4 Å². The normalized spacial score (nSPS) is 15.5. The molecule has 11 heteroatoms. The number of anilines is 3. The fourth-order valence-corrected chi connectivity index (χ4v) is 5.20. The lowest BCUT2D eigenvalue weighted by atomic mass is 10.0. The van der Waals surface area contributed by atoms with E-state index in [2.05, 4.69) is 20.3 Å². The fourth-order valence-electron chi connectivity index (χ4n) is 4.40. The number of rotatable bonds is 7. The van der Waals surface area contributed by atoms with Crippen molar-refractivity contribution >= 4 is 39.1 Å². The first-order valence-electron chi connectivity index (χ1n) is 12.8. The zero-order valence-electron chi connectivity index (χ0n) is 22.8. The van der Waals surface area contributed by atoms with E-state index in [-0.39, 0.29) is 11.9 Å². The molecule has 3 aromatic carbocycles. The Morgan fingerprint density at radius 3 is 2.20 bits per heavy atom. The van der Waals surface area contributed by atoms with E-state index >= 15 is 0 Å². The van der Waals surface area contributed by atoms with Crippen LogP contribution in [0, 0.1) is 5.82 Å². The number of amides is 2. The third-order valence-electron chi connectivity index (χ3n) is 6.14. The Bertz CT molecular complexity index is 1490. The maximum Gasteiger partial charge on any atom is 0.412 e. The number of hydrogen-bond donors (Lipinski definition) is 3. The molecule has 1 aliphatic rings. The Balaban J connectivity index is 1.53. The van der Waals surface area contributed by atoms with Gasteiger partial charge < -0.3 is 15.0 Å². The topological polar surface area (TPSA) is 117 Å². The molecular weight excluding hydrogens is 535 g/mol. The maximum atomic E-state index is 13.4. The van der Waals surface area contributed by atoms with E-state index in [0.29, 0.717) is 42.0 Å². The van der Waals surface area contributed by atoms with Gasteiger partial charge in [-0.1, -0.05) is 18.2 Å². The zero-order chi connectivity index (χ0) is 29.1. The van der Waals surface area contributed by atoms with Crippen LogP contribution in [0.1, 0.15) is 37.6 Å². The summed E-state index contributed by atoms with van der Waals surface area (Å²) in [6, 6.07) is 17.9. The van der Waals surface area contributed by atoms with Crippen molar-refractivity contribution in [3.8, 4) is 11.1 Å². The molecule has 212 valence electrons. The standard InChI is InChI=1S/C29H33FN4O5S/c1-29(2,3)39-28(36)32-25-14-9-21(19-5-10-22(30)11-6-19)17-26(25)31-27(35)20-7-12-24(13-8-20)34-16-15-23(18-34)33-40(4,37)38/h5-14,17,23,33H,15-16,18H2,1-4H3,(H,31,35)(H,32,36)/t23-/m1/s1. The van der Waals surface area contributed by atoms with Gasteiger partial charge in [-0.2, -0.15) is 0 Å². The first-order chi connectivity index (χ1) is 18.8. The van der Waals surface area contributed by atoms with E-state index in [0.717, 1.165) is 17.5 Å². The minimum absolute atomic E-state index is 0.165. The highest BCUT2D eigenvalue weighted by Gasteiger charge is 2.25. The highest BCUT2D eigenvalue weighted by Crippen LogP contribution is 2.31. The smallest absolute Gasteiger partial charge is 0.412 e. The molecule has 0 spiro atoms. The summed E-state index contributed by atoms with van der Waals surface area (Å²) in [6.07, 6.45) is 1.16. The molecule has 2 amide bonds. The van der Waals surface area contributed by atoms with Crippen LogP contribution in [0.4, 0.5) is 26.2 Å². The third-order valence-corrected chi connectivity index (χ3v) is 6.91. The summed E-state index contributed by atoms with van der Waals surface area (Å²) >= 11 is 0. The molecule has 3 N–H and O–H groups in total. The number of hydrogen-bond acceptors (Lipinski definition) is 6. The second-order valence-electron chi connectivity index (χ2n) is 10.7. The molecule has 0 aliphatic carbocycles. The molecule has 0 aromatic heterocycles. The number of benzene rings is 3. The highest BCUT2D eigenvalue weighted by atomic mass is 32.2. The molecule has 0 bridgehead atoms. The van der Waals surface area contributed by atoms with Crippen molar-refractivity contribution in [2.75, 3.05) is 34.9 Å². The second-order valence-corrected chi connectivity index (χ2v) is 12.5. The van der Waals surface area contributed by atoms with Crippen LogP contribution in [-0.4, -0.2) is 51.4 Å². The van der Waals surface area contributed by atoms with Crippen LogP contribution in [0.3, 0.4) is 0 Å². The average molecular weight is 569 g/mol. The van der Waals surface area contributed by atoms with Crippen LogP contribution in [0.5, 0.6) is 0 Å². The van der Waals surface area contributed by atoms with E-state index < -0.39 is 27.6 Å². The van der Waals surface area contributed by atoms with E-state index in [1.807, 2.05) is 12.1 Å². The van der Waals surface area contributed by atoms with Crippen molar-refractivity contribution < 1.29 is 27.1 Å². The summed E-state index contributed by atoms with van der Waals surface area (Å²) in [5.74, 6) is -0.756. The predicted octanol–water partition coefficient (Wildman–Crippen LogP) is 5.22. The van der Waals surface area contributed by atoms with Crippen LogP contribution >= 0.6 is 0 Å². The largest absolute Gasteiger partial charge is 0.444 e. The number of carbonyl (C=O) groups excluding carboxylic acids is 2. The average Bonchev–Trinajstić information content (AvgIpc) is 3.31. The Labute approximate surface area is 233 Å². The van der Waals surface area contributed by atoms with E-state index in [4.69, 9.17) is 4.74 Å². The molecule has 9 nitrogen and oxygen atoms in total. The van der Waals surface area contributed by atoms with Gasteiger partial charge in [-0.05, 0) is 86.8 Å². The monoisotopic (exact) mass is 568 g/mol. The molecular formula is C29H33FN4O5S. The summed E-state index contributed by atoms with van der Waals surface area (Å²) in [4.78, 5) is 27.7. The summed E-state index contributed by atoms with van der Waals surface area (Å²) in [7, 11) is -3.28. The molecule has 40 heavy (non-hydrogen) atoms. The Morgan fingerprint density at radius 2 is 1.57 bits per heavy atom. The van der Waals surface area contributed by atoms with Crippen molar-refractivity contribution in [2.24, 2.45) is 0 Å². The van der Waals surface area contributed by atoms with Crippen LogP contribution in [-0.2, 0) is 14.8 Å². The van der Waals surface area contributed by atoms with Crippen molar-refractivity contribution in [3.05, 3.63) is 78.1 Å². The molecule has 3 aromatic rings. The number of halogens is 1. The molecule has 1 aliphatic heterocycles. The SMILES string of the molecule is CC(C)(C)OC(=O)Nc1ccc(-c2ccc(F)cc2)cc1NC(=O)c1ccc(N2CC[C@@H](NS(C)(=O)=O)C2)cc1. The van der Waals surface area contributed by atoms with Gasteiger partial charge >= 0.3 is 6.09 Å². The number of nitrogens with one attached hydrogen (secondary N) is 3. The Hall–Kier alpha value is -3.96. The van der Waals surface area contributed by atoms with Gasteiger partial charge in [-0.3, -0.25) is 10.1 Å². The van der Waals surface area contributed by atoms with Gasteiger partial charge in [0.05, 0.1) is 17.6 Å². The maximum absolute atomic E-state index is 13.4. The van der Waals surface area contributed by atoms with Crippen molar-refractivity contribution in [3.63, 3.8) is 0 Å². The molecule has 0 radical (unpaired) electrons. The predicted molar refractivity (Wildman–Crippen MR) is 155 cm³/mol. The Kier molecular flexibility index (Phi) is 8.45. The minimum Gasteiger partial charge on any atom is -0.444 e. The van der Waals surface area contributed by atoms with Gasteiger partial charge in [-0.15, -0.1) is 0 Å². The van der Waals surface area contributed by atoms with Crippen molar-refractivity contribution in [1.82, 2.24) is 4.72 Å². The van der Waals surface area contributed by atoms with E-state index in [1.54, 1.807) is 63.2 Å². The molecule has 1 heterocycles. The van der Waals surface area contributed by atoms with Crippen LogP contribution in [0.25, 0.3) is 11.1 Å². The van der Waals surface area contributed by atoms with Gasteiger partial charge in [0.2, 0.25) is 10.0 Å². The van der Waals surface area contributed by atoms with E-state index in [1.165, 1.54) is 12.1 Å². The molecule has 1 atom stereocenters. The van der Waals surface area contributed by atoms with E-state index in [9.17, 15) is 22.4 Å². The first-order valence-corrected chi connectivity index (χ1v) is 14.7. The molecule has 0 saturated carbocycles. The zero-order valence-corrected chi connectivity index (χ0v) is 23.6. The van der Waals surface area contributed by atoms with Crippen LogP contribution in [0.15, 0.2) is 66.7 Å². The minimum atomic E-state index is -3.28. The van der Waals surface area contributed by atoms with Gasteiger partial charge in [-0.25, -0.2) is 22.3 Å². The lowest BCUT2D eigenvalue weighted by molar-refractivity contribution is 0.0635. The quantitative estimate of drug-likeness (QED) is 0.360. The molecule has 0 unspecified atom stereocenters. The number of ether oxygens (including phenoxy) is 1. The molecule has 4 rings (SSSR count). The fraction of sp³-hybridized carbons (Fsp3) is 0.310. The number of sulfonamides is 1. The van der Waals surface area contributed by atoms with Crippen LogP contribution < -0.4 is 20.3 Å². The van der Waals surface area contributed by atoms with Gasteiger partial charge in [0.15, 0.2) is 0 Å². The van der Waals surface area contributed by atoms with Crippen molar-refractivity contribution in [2.45, 2.75) is 38.8 Å². The third kappa shape index (κ3) is 8.03. The lowest BCUT2D eigenvalue weighted by Gasteiger charge is -2.21. The molecule has 1 saturated heterocycles. The van der Waals surface area contributed by atoms with Crippen molar-refractivity contribution in [1.29, 1.82) is 0 Å². The summed E-state index contributed by atoms with van der Waals surface area (Å²) in [5, 5.41) is 5.55.